The van der Waals surface area contributed by atoms with Crippen molar-refractivity contribution >= 4 is 23.2 Å². The Labute approximate surface area is 153 Å². The first-order chi connectivity index (χ1) is 12.6. The molecule has 0 unspecified atom stereocenters. The van der Waals surface area contributed by atoms with Gasteiger partial charge in [0, 0.05) is 31.4 Å². The summed E-state index contributed by atoms with van der Waals surface area (Å²) < 4.78 is 0. The van der Waals surface area contributed by atoms with Gasteiger partial charge in [-0.2, -0.15) is 0 Å². The van der Waals surface area contributed by atoms with E-state index in [1.807, 2.05) is 30.3 Å². The monoisotopic (exact) mass is 349 g/mol. The lowest BCUT2D eigenvalue weighted by molar-refractivity contribution is -0.121. The molecular formula is C21H23N3O2. The van der Waals surface area contributed by atoms with Crippen LogP contribution < -0.4 is 10.6 Å². The number of amides is 2. The molecule has 0 fully saturated rings. The Morgan fingerprint density at radius 1 is 1.12 bits per heavy atom. The van der Waals surface area contributed by atoms with Gasteiger partial charge >= 0.3 is 0 Å². The molecule has 134 valence electrons. The molecule has 0 saturated heterocycles. The number of para-hydroxylation sites is 1. The number of carbonyl (C=O) groups excluding carboxylic acids is 2. The topological polar surface area (TPSA) is 61.4 Å². The highest BCUT2D eigenvalue weighted by Crippen LogP contribution is 2.30. The van der Waals surface area contributed by atoms with Crippen LogP contribution in [0.15, 0.2) is 42.5 Å². The minimum absolute atomic E-state index is 0.0539. The van der Waals surface area contributed by atoms with Crippen LogP contribution in [-0.4, -0.2) is 29.3 Å². The molecule has 2 aromatic carbocycles. The quantitative estimate of drug-likeness (QED) is 0.876. The third-order valence-electron chi connectivity index (χ3n) is 5.31. The molecule has 1 atom stereocenters. The Morgan fingerprint density at radius 3 is 2.77 bits per heavy atom. The number of fused-ring (bicyclic) bond motifs is 2. The van der Waals surface area contributed by atoms with E-state index in [1.165, 1.54) is 23.6 Å². The maximum absolute atomic E-state index is 12.8. The van der Waals surface area contributed by atoms with Crippen molar-refractivity contribution in [1.29, 1.82) is 0 Å². The smallest absolute Gasteiger partial charge is 0.241 e. The third kappa shape index (κ3) is 3.22. The molecular weight excluding hydrogens is 326 g/mol. The lowest BCUT2D eigenvalue weighted by Gasteiger charge is -2.34. The average molecular weight is 349 g/mol. The van der Waals surface area contributed by atoms with E-state index in [0.717, 1.165) is 43.7 Å². The summed E-state index contributed by atoms with van der Waals surface area (Å²) in [5, 5.41) is 6.01. The molecule has 2 aromatic rings. The van der Waals surface area contributed by atoms with Crippen molar-refractivity contribution in [3.63, 3.8) is 0 Å². The zero-order valence-electron chi connectivity index (χ0n) is 14.9. The number of nitrogens with one attached hydrogen (secondary N) is 2. The van der Waals surface area contributed by atoms with E-state index in [2.05, 4.69) is 27.7 Å². The second-order valence-corrected chi connectivity index (χ2v) is 7.05. The molecule has 2 aliphatic rings. The number of rotatable bonds is 2. The number of hydrogen-bond donors (Lipinski definition) is 2. The van der Waals surface area contributed by atoms with E-state index >= 15 is 0 Å². The van der Waals surface area contributed by atoms with Crippen molar-refractivity contribution in [2.45, 2.75) is 38.8 Å². The Morgan fingerprint density at radius 2 is 1.92 bits per heavy atom. The van der Waals surface area contributed by atoms with Crippen molar-refractivity contribution < 1.29 is 9.59 Å². The molecule has 0 bridgehead atoms. The fourth-order valence-electron chi connectivity index (χ4n) is 4.05. The highest BCUT2D eigenvalue weighted by molar-refractivity contribution is 5.96. The number of aryl methyl sites for hydroxylation is 1. The molecule has 2 amide bonds. The van der Waals surface area contributed by atoms with Gasteiger partial charge in [0.25, 0.3) is 0 Å². The van der Waals surface area contributed by atoms with E-state index in [9.17, 15) is 9.59 Å². The van der Waals surface area contributed by atoms with Gasteiger partial charge in [0.15, 0.2) is 0 Å². The fraction of sp³-hybridized carbons (Fsp3) is 0.333. The van der Waals surface area contributed by atoms with Crippen LogP contribution >= 0.6 is 0 Å². The summed E-state index contributed by atoms with van der Waals surface area (Å²) in [7, 11) is 0. The van der Waals surface area contributed by atoms with Gasteiger partial charge in [0.1, 0.15) is 0 Å². The SMILES string of the molecule is CC(=O)Nc1cccc2c1CCN([C@H]1CCc3ccccc3NC1=O)C2. The molecule has 2 aliphatic heterocycles. The van der Waals surface area contributed by atoms with Crippen molar-refractivity contribution in [3.8, 4) is 0 Å². The van der Waals surface area contributed by atoms with Crippen molar-refractivity contribution in [3.05, 3.63) is 59.2 Å². The first-order valence-electron chi connectivity index (χ1n) is 9.13. The minimum atomic E-state index is -0.125. The van der Waals surface area contributed by atoms with Gasteiger partial charge in [0.2, 0.25) is 11.8 Å². The normalized spacial score (nSPS) is 19.7. The van der Waals surface area contributed by atoms with Gasteiger partial charge in [0.05, 0.1) is 6.04 Å². The molecule has 0 saturated carbocycles. The number of anilines is 2. The van der Waals surface area contributed by atoms with Gasteiger partial charge in [-0.15, -0.1) is 0 Å². The molecule has 2 N–H and O–H groups in total. The van der Waals surface area contributed by atoms with Crippen LogP contribution in [0.4, 0.5) is 11.4 Å². The third-order valence-corrected chi connectivity index (χ3v) is 5.31. The Balaban J connectivity index is 1.54. The molecule has 5 heteroatoms. The van der Waals surface area contributed by atoms with Crippen LogP contribution in [0.1, 0.15) is 30.0 Å². The van der Waals surface area contributed by atoms with Crippen LogP contribution in [0.2, 0.25) is 0 Å². The largest absolute Gasteiger partial charge is 0.326 e. The number of nitrogens with zero attached hydrogens (tertiary/aromatic N) is 1. The van der Waals surface area contributed by atoms with Crippen molar-refractivity contribution in [1.82, 2.24) is 4.90 Å². The Bertz CT molecular complexity index is 862. The summed E-state index contributed by atoms with van der Waals surface area (Å²) in [6, 6.07) is 13.9. The minimum Gasteiger partial charge on any atom is -0.326 e. The molecule has 0 radical (unpaired) electrons. The maximum atomic E-state index is 12.8. The lowest BCUT2D eigenvalue weighted by Crippen LogP contribution is -2.46. The first-order valence-corrected chi connectivity index (χ1v) is 9.13. The molecule has 5 nitrogen and oxygen atoms in total. The van der Waals surface area contributed by atoms with E-state index in [0.29, 0.717) is 0 Å². The molecule has 0 spiro atoms. The number of benzene rings is 2. The highest BCUT2D eigenvalue weighted by atomic mass is 16.2. The lowest BCUT2D eigenvalue weighted by atomic mass is 9.95. The average Bonchev–Trinajstić information content (AvgIpc) is 2.79. The van der Waals surface area contributed by atoms with Gasteiger partial charge in [-0.3, -0.25) is 14.5 Å². The van der Waals surface area contributed by atoms with Gasteiger partial charge < -0.3 is 10.6 Å². The molecule has 4 rings (SSSR count). The predicted molar refractivity (Wildman–Crippen MR) is 102 cm³/mol. The fourth-order valence-corrected chi connectivity index (χ4v) is 4.05. The van der Waals surface area contributed by atoms with Crippen molar-refractivity contribution in [2.24, 2.45) is 0 Å². The van der Waals surface area contributed by atoms with Crippen molar-refractivity contribution in [2.75, 3.05) is 17.2 Å². The van der Waals surface area contributed by atoms with E-state index in [1.54, 1.807) is 0 Å². The zero-order chi connectivity index (χ0) is 18.1. The summed E-state index contributed by atoms with van der Waals surface area (Å²) in [4.78, 5) is 26.5. The van der Waals surface area contributed by atoms with Crippen LogP contribution in [0.5, 0.6) is 0 Å². The maximum Gasteiger partial charge on any atom is 0.241 e. The second kappa shape index (κ2) is 6.92. The zero-order valence-corrected chi connectivity index (χ0v) is 14.9. The molecule has 26 heavy (non-hydrogen) atoms. The van der Waals surface area contributed by atoms with Crippen LogP contribution in [-0.2, 0) is 29.0 Å². The summed E-state index contributed by atoms with van der Waals surface area (Å²) in [5.74, 6) is 0.0261. The van der Waals surface area contributed by atoms with E-state index in [4.69, 9.17) is 0 Å². The van der Waals surface area contributed by atoms with Crippen LogP contribution in [0.3, 0.4) is 0 Å². The molecule has 2 heterocycles. The van der Waals surface area contributed by atoms with Gasteiger partial charge in [-0.25, -0.2) is 0 Å². The van der Waals surface area contributed by atoms with E-state index in [-0.39, 0.29) is 17.9 Å². The summed E-state index contributed by atoms with van der Waals surface area (Å²) in [6.45, 7) is 3.08. The first kappa shape index (κ1) is 16.8. The number of hydrogen-bond acceptors (Lipinski definition) is 3. The van der Waals surface area contributed by atoms with Crippen LogP contribution in [0.25, 0.3) is 0 Å². The molecule has 0 aliphatic carbocycles. The predicted octanol–water partition coefficient (Wildman–Crippen LogP) is 2.96. The molecule has 0 aromatic heterocycles. The summed E-state index contributed by atoms with van der Waals surface area (Å²) >= 11 is 0. The van der Waals surface area contributed by atoms with E-state index < -0.39 is 0 Å². The van der Waals surface area contributed by atoms with Gasteiger partial charge in [-0.05, 0) is 48.1 Å². The van der Waals surface area contributed by atoms with Gasteiger partial charge in [-0.1, -0.05) is 30.3 Å². The second-order valence-electron chi connectivity index (χ2n) is 7.05. The standard InChI is InChI=1S/C21H23N3O2/c1-14(25)22-19-8-4-6-16-13-24(12-11-17(16)19)20-10-9-15-5-2-3-7-18(15)23-21(20)26/h2-8,20H,9-13H2,1H3,(H,22,25)(H,23,26)/t20-/m0/s1. The Kier molecular flexibility index (Phi) is 4.47. The summed E-state index contributed by atoms with van der Waals surface area (Å²) in [6.07, 6.45) is 2.56. The number of carbonyl (C=O) groups is 2. The summed E-state index contributed by atoms with van der Waals surface area (Å²) in [5.41, 5.74) is 5.42. The van der Waals surface area contributed by atoms with Crippen LogP contribution in [0, 0.1) is 0 Å². The Hall–Kier alpha value is -2.66. The highest BCUT2D eigenvalue weighted by Gasteiger charge is 2.31.